The molecule has 0 spiro atoms. The summed E-state index contributed by atoms with van der Waals surface area (Å²) >= 11 is 0. The van der Waals surface area contributed by atoms with Gasteiger partial charge in [0.25, 0.3) is 0 Å². The van der Waals surface area contributed by atoms with Gasteiger partial charge in [0, 0.05) is 13.0 Å². The third kappa shape index (κ3) is 6.03. The quantitative estimate of drug-likeness (QED) is 0.770. The summed E-state index contributed by atoms with van der Waals surface area (Å²) < 4.78 is 42.2. The predicted octanol–water partition coefficient (Wildman–Crippen LogP) is 3.90. The van der Waals surface area contributed by atoms with E-state index in [2.05, 4.69) is 9.64 Å². The summed E-state index contributed by atoms with van der Waals surface area (Å²) in [5.74, 6) is 0.164. The molecule has 1 aromatic rings. The molecular formula is C16H21ClF3NO2. The molecule has 0 atom stereocenters. The first kappa shape index (κ1) is 19.8. The number of piperidine rings is 1. The highest BCUT2D eigenvalue weighted by molar-refractivity contribution is 5.85. The van der Waals surface area contributed by atoms with E-state index in [1.807, 2.05) is 0 Å². The highest BCUT2D eigenvalue weighted by Gasteiger charge is 2.30. The number of benzene rings is 1. The summed E-state index contributed by atoms with van der Waals surface area (Å²) in [5, 5.41) is 0. The molecule has 0 unspecified atom stereocenters. The van der Waals surface area contributed by atoms with Crippen molar-refractivity contribution >= 4 is 18.4 Å². The molecule has 1 saturated heterocycles. The van der Waals surface area contributed by atoms with Gasteiger partial charge in [-0.2, -0.15) is 13.2 Å². The molecule has 0 amide bonds. The molecule has 7 heteroatoms. The zero-order valence-electron chi connectivity index (χ0n) is 12.9. The van der Waals surface area contributed by atoms with Crippen molar-refractivity contribution in [3.8, 4) is 0 Å². The Kier molecular flexibility index (Phi) is 7.35. The van der Waals surface area contributed by atoms with E-state index < -0.39 is 11.7 Å². The first-order valence-electron chi connectivity index (χ1n) is 7.34. The second kappa shape index (κ2) is 8.55. The van der Waals surface area contributed by atoms with Crippen LogP contribution >= 0.6 is 12.4 Å². The lowest BCUT2D eigenvalue weighted by atomic mass is 9.93. The van der Waals surface area contributed by atoms with Gasteiger partial charge in [-0.05, 0) is 49.5 Å². The van der Waals surface area contributed by atoms with Crippen molar-refractivity contribution in [3.05, 3.63) is 35.4 Å². The fourth-order valence-electron chi connectivity index (χ4n) is 2.73. The van der Waals surface area contributed by atoms with Crippen LogP contribution in [0, 0.1) is 5.92 Å². The Morgan fingerprint density at radius 1 is 1.22 bits per heavy atom. The fraction of sp³-hybridized carbons (Fsp3) is 0.562. The number of hydrogen-bond acceptors (Lipinski definition) is 3. The maximum Gasteiger partial charge on any atom is 0.416 e. The van der Waals surface area contributed by atoms with Crippen LogP contribution in [0.5, 0.6) is 0 Å². The number of alkyl halides is 3. The Balaban J connectivity index is 0.00000264. The fourth-order valence-corrected chi connectivity index (χ4v) is 2.73. The van der Waals surface area contributed by atoms with E-state index >= 15 is 0 Å². The van der Waals surface area contributed by atoms with Gasteiger partial charge in [0.1, 0.15) is 0 Å². The second-order valence-electron chi connectivity index (χ2n) is 5.69. The number of nitrogens with zero attached hydrogens (tertiary/aromatic N) is 1. The predicted molar refractivity (Wildman–Crippen MR) is 83.3 cm³/mol. The lowest BCUT2D eigenvalue weighted by Gasteiger charge is -2.31. The number of esters is 1. The van der Waals surface area contributed by atoms with Gasteiger partial charge >= 0.3 is 12.1 Å². The van der Waals surface area contributed by atoms with Crippen molar-refractivity contribution in [1.82, 2.24) is 4.90 Å². The average Bonchev–Trinajstić information content (AvgIpc) is 2.49. The Morgan fingerprint density at radius 2 is 1.78 bits per heavy atom. The first-order valence-corrected chi connectivity index (χ1v) is 7.34. The number of halogens is 4. The van der Waals surface area contributed by atoms with Gasteiger partial charge in [0.05, 0.1) is 12.7 Å². The van der Waals surface area contributed by atoms with Crippen LogP contribution in [0.2, 0.25) is 0 Å². The highest BCUT2D eigenvalue weighted by Crippen LogP contribution is 2.29. The van der Waals surface area contributed by atoms with Crippen LogP contribution in [0.1, 0.15) is 30.4 Å². The van der Waals surface area contributed by atoms with E-state index in [0.717, 1.165) is 43.6 Å². The van der Waals surface area contributed by atoms with Crippen molar-refractivity contribution < 1.29 is 22.7 Å². The smallest absolute Gasteiger partial charge is 0.416 e. The molecule has 2 rings (SSSR count). The van der Waals surface area contributed by atoms with E-state index in [1.54, 1.807) is 0 Å². The van der Waals surface area contributed by atoms with E-state index in [1.165, 1.54) is 19.2 Å². The summed E-state index contributed by atoms with van der Waals surface area (Å²) in [6.45, 7) is 2.34. The van der Waals surface area contributed by atoms with Crippen LogP contribution < -0.4 is 0 Å². The molecule has 1 aliphatic rings. The number of ether oxygens (including phenoxy) is 1. The molecule has 1 heterocycles. The molecule has 0 radical (unpaired) electrons. The maximum atomic E-state index is 12.5. The number of hydrogen-bond donors (Lipinski definition) is 0. The second-order valence-corrected chi connectivity index (χ2v) is 5.69. The van der Waals surface area contributed by atoms with E-state index in [9.17, 15) is 18.0 Å². The summed E-state index contributed by atoms with van der Waals surface area (Å²) in [7, 11) is 1.39. The zero-order valence-corrected chi connectivity index (χ0v) is 13.8. The lowest BCUT2D eigenvalue weighted by Crippen LogP contribution is -2.34. The molecule has 0 aromatic heterocycles. The first-order chi connectivity index (χ1) is 10.4. The molecule has 23 heavy (non-hydrogen) atoms. The molecule has 1 fully saturated rings. The summed E-state index contributed by atoms with van der Waals surface area (Å²) in [4.78, 5) is 13.4. The Morgan fingerprint density at radius 3 is 2.26 bits per heavy atom. The topological polar surface area (TPSA) is 29.5 Å². The van der Waals surface area contributed by atoms with Gasteiger partial charge in [0.15, 0.2) is 0 Å². The Hall–Kier alpha value is -1.27. The molecule has 1 aliphatic heterocycles. The minimum absolute atomic E-state index is 0. The minimum atomic E-state index is -4.29. The number of rotatable bonds is 4. The molecule has 0 N–H and O–H groups in total. The van der Waals surface area contributed by atoms with E-state index in [4.69, 9.17) is 0 Å². The van der Waals surface area contributed by atoms with Crippen LogP contribution in [-0.4, -0.2) is 31.1 Å². The monoisotopic (exact) mass is 351 g/mol. The SMILES string of the molecule is COC(=O)CC1CCN(Cc2ccc(C(F)(F)F)cc2)CC1.Cl. The van der Waals surface area contributed by atoms with E-state index in [-0.39, 0.29) is 18.4 Å². The maximum absolute atomic E-state index is 12.5. The number of methoxy groups -OCH3 is 1. The number of carbonyl (C=O) groups is 1. The largest absolute Gasteiger partial charge is 0.469 e. The van der Waals surface area contributed by atoms with Crippen LogP contribution in [0.3, 0.4) is 0 Å². The molecule has 3 nitrogen and oxygen atoms in total. The van der Waals surface area contributed by atoms with Crippen molar-refractivity contribution in [2.45, 2.75) is 32.0 Å². The van der Waals surface area contributed by atoms with Crippen LogP contribution in [0.25, 0.3) is 0 Å². The van der Waals surface area contributed by atoms with Gasteiger partial charge in [-0.15, -0.1) is 12.4 Å². The molecule has 1 aromatic carbocycles. The van der Waals surface area contributed by atoms with Crippen molar-refractivity contribution in [2.75, 3.05) is 20.2 Å². The molecular weight excluding hydrogens is 331 g/mol. The average molecular weight is 352 g/mol. The van der Waals surface area contributed by atoms with Gasteiger partial charge in [-0.3, -0.25) is 9.69 Å². The van der Waals surface area contributed by atoms with Gasteiger partial charge in [-0.1, -0.05) is 12.1 Å². The standard InChI is InChI=1S/C16H20F3NO2.ClH/c1-22-15(21)10-12-6-8-20(9-7-12)11-13-2-4-14(5-3-13)16(17,18)19;/h2-5,12H,6-11H2,1H3;1H. The summed E-state index contributed by atoms with van der Waals surface area (Å²) in [6, 6.07) is 5.31. The molecule has 130 valence electrons. The van der Waals surface area contributed by atoms with Crippen molar-refractivity contribution in [2.24, 2.45) is 5.92 Å². The summed E-state index contributed by atoms with van der Waals surface area (Å²) in [6.07, 6.45) is -2.01. The van der Waals surface area contributed by atoms with Gasteiger partial charge in [0.2, 0.25) is 0 Å². The highest BCUT2D eigenvalue weighted by atomic mass is 35.5. The normalized spacial score (nSPS) is 16.7. The Labute approximate surface area is 140 Å². The van der Waals surface area contributed by atoms with Crippen LogP contribution in [0.15, 0.2) is 24.3 Å². The van der Waals surface area contributed by atoms with Crippen molar-refractivity contribution in [1.29, 1.82) is 0 Å². The third-order valence-corrected chi connectivity index (χ3v) is 4.08. The van der Waals surface area contributed by atoms with E-state index in [0.29, 0.717) is 18.9 Å². The van der Waals surface area contributed by atoms with Crippen molar-refractivity contribution in [3.63, 3.8) is 0 Å². The van der Waals surface area contributed by atoms with Crippen LogP contribution in [0.4, 0.5) is 13.2 Å². The minimum Gasteiger partial charge on any atom is -0.469 e. The zero-order chi connectivity index (χ0) is 16.2. The van der Waals surface area contributed by atoms with Gasteiger partial charge < -0.3 is 4.74 Å². The van der Waals surface area contributed by atoms with Gasteiger partial charge in [-0.25, -0.2) is 0 Å². The molecule has 0 aliphatic carbocycles. The Bertz CT molecular complexity index is 497. The number of carbonyl (C=O) groups excluding carboxylic acids is 1. The molecule has 0 saturated carbocycles. The summed E-state index contributed by atoms with van der Waals surface area (Å²) in [5.41, 5.74) is 0.257. The number of likely N-dealkylation sites (tertiary alicyclic amines) is 1. The third-order valence-electron chi connectivity index (χ3n) is 4.08. The van der Waals surface area contributed by atoms with Crippen LogP contribution in [-0.2, 0) is 22.3 Å². The lowest BCUT2D eigenvalue weighted by molar-refractivity contribution is -0.142. The molecule has 0 bridgehead atoms.